The molecular weight excluding hydrogens is 167 g/mol. The van der Waals surface area contributed by atoms with Crippen molar-refractivity contribution >= 4 is 0 Å². The van der Waals surface area contributed by atoms with Crippen molar-refractivity contribution in [2.45, 2.75) is 20.3 Å². The fraction of sp³-hybridized carbons (Fsp3) is 0.455. The van der Waals surface area contributed by atoms with Crippen LogP contribution in [0.1, 0.15) is 19.4 Å². The minimum atomic E-state index is -0.216. The Bertz CT molecular complexity index is 281. The van der Waals surface area contributed by atoms with Crippen LogP contribution in [0.25, 0.3) is 0 Å². The van der Waals surface area contributed by atoms with Crippen molar-refractivity contribution < 1.29 is 9.50 Å². The number of aliphatic hydroxyl groups excluding tert-OH is 1. The molecule has 0 saturated heterocycles. The maximum absolute atomic E-state index is 12.8. The Morgan fingerprint density at radius 2 is 2.08 bits per heavy atom. The van der Waals surface area contributed by atoms with E-state index in [2.05, 4.69) is 0 Å². The van der Waals surface area contributed by atoms with Crippen molar-refractivity contribution in [2.75, 3.05) is 6.61 Å². The Hall–Kier alpha value is -0.890. The first-order valence-corrected chi connectivity index (χ1v) is 4.39. The Kier molecular flexibility index (Phi) is 3.04. The second kappa shape index (κ2) is 3.88. The van der Waals surface area contributed by atoms with Crippen molar-refractivity contribution in [1.29, 1.82) is 0 Å². The molecule has 0 atom stereocenters. The third kappa shape index (κ3) is 3.15. The zero-order valence-corrected chi connectivity index (χ0v) is 8.05. The molecule has 0 fully saturated rings. The van der Waals surface area contributed by atoms with Crippen LogP contribution >= 0.6 is 0 Å². The van der Waals surface area contributed by atoms with Gasteiger partial charge in [0, 0.05) is 6.61 Å². The van der Waals surface area contributed by atoms with Gasteiger partial charge >= 0.3 is 0 Å². The normalized spacial score (nSPS) is 11.7. The maximum atomic E-state index is 12.8. The largest absolute Gasteiger partial charge is 0.396 e. The van der Waals surface area contributed by atoms with Crippen LogP contribution in [0.5, 0.6) is 0 Å². The summed E-state index contributed by atoms with van der Waals surface area (Å²) in [6.07, 6.45) is 0.696. The molecule has 1 N–H and O–H groups in total. The summed E-state index contributed by atoms with van der Waals surface area (Å²) in [7, 11) is 0. The van der Waals surface area contributed by atoms with E-state index in [0.717, 1.165) is 5.56 Å². The number of hydrogen-bond donors (Lipinski definition) is 1. The molecule has 0 aliphatic carbocycles. The van der Waals surface area contributed by atoms with Gasteiger partial charge in [0.15, 0.2) is 0 Å². The van der Waals surface area contributed by atoms with E-state index in [9.17, 15) is 4.39 Å². The van der Waals surface area contributed by atoms with Gasteiger partial charge in [-0.2, -0.15) is 0 Å². The Labute approximate surface area is 78.2 Å². The Morgan fingerprint density at radius 1 is 1.38 bits per heavy atom. The van der Waals surface area contributed by atoms with E-state index in [-0.39, 0.29) is 17.8 Å². The van der Waals surface area contributed by atoms with Crippen molar-refractivity contribution in [1.82, 2.24) is 0 Å². The molecule has 0 amide bonds. The molecule has 72 valence electrons. The lowest BCUT2D eigenvalue weighted by atomic mass is 9.87. The van der Waals surface area contributed by atoms with Gasteiger partial charge in [-0.05, 0) is 29.5 Å². The van der Waals surface area contributed by atoms with Gasteiger partial charge in [-0.3, -0.25) is 0 Å². The van der Waals surface area contributed by atoms with Crippen LogP contribution in [0.3, 0.4) is 0 Å². The quantitative estimate of drug-likeness (QED) is 0.761. The number of rotatable bonds is 3. The van der Waals surface area contributed by atoms with Crippen LogP contribution in [0, 0.1) is 11.2 Å². The summed E-state index contributed by atoms with van der Waals surface area (Å²) in [4.78, 5) is 0. The summed E-state index contributed by atoms with van der Waals surface area (Å²) < 4.78 is 12.8. The predicted molar refractivity (Wildman–Crippen MR) is 51.0 cm³/mol. The Balaban J connectivity index is 2.74. The predicted octanol–water partition coefficient (Wildman–Crippen LogP) is 2.39. The molecule has 0 saturated carbocycles. The third-order valence-electron chi connectivity index (χ3n) is 2.00. The SMILES string of the molecule is CC(C)(CO)Cc1cccc(F)c1. The zero-order valence-electron chi connectivity index (χ0n) is 8.05. The molecule has 0 aliphatic heterocycles. The van der Waals surface area contributed by atoms with E-state index in [1.165, 1.54) is 12.1 Å². The molecule has 0 aromatic heterocycles. The van der Waals surface area contributed by atoms with Gasteiger partial charge < -0.3 is 5.11 Å². The second-order valence-corrected chi connectivity index (χ2v) is 4.13. The van der Waals surface area contributed by atoms with Gasteiger partial charge in [0.25, 0.3) is 0 Å². The standard InChI is InChI=1S/C11H15FO/c1-11(2,8-13)7-9-4-3-5-10(12)6-9/h3-6,13H,7-8H2,1-2H3. The first-order chi connectivity index (χ1) is 6.03. The summed E-state index contributed by atoms with van der Waals surface area (Å²) in [6.45, 7) is 4.03. The molecule has 0 radical (unpaired) electrons. The lowest BCUT2D eigenvalue weighted by molar-refractivity contribution is 0.159. The second-order valence-electron chi connectivity index (χ2n) is 4.13. The molecule has 1 rings (SSSR count). The highest BCUT2D eigenvalue weighted by atomic mass is 19.1. The minimum absolute atomic E-state index is 0.115. The van der Waals surface area contributed by atoms with Crippen LogP contribution < -0.4 is 0 Å². The molecule has 0 spiro atoms. The topological polar surface area (TPSA) is 20.2 Å². The van der Waals surface area contributed by atoms with Gasteiger partial charge in [0.05, 0.1) is 0 Å². The molecule has 0 heterocycles. The van der Waals surface area contributed by atoms with Crippen LogP contribution in [-0.4, -0.2) is 11.7 Å². The summed E-state index contributed by atoms with van der Waals surface area (Å²) >= 11 is 0. The lowest BCUT2D eigenvalue weighted by Crippen LogP contribution is -2.19. The van der Waals surface area contributed by atoms with Crippen LogP contribution in [0.2, 0.25) is 0 Å². The van der Waals surface area contributed by atoms with E-state index < -0.39 is 0 Å². The third-order valence-corrected chi connectivity index (χ3v) is 2.00. The van der Waals surface area contributed by atoms with Gasteiger partial charge in [0.2, 0.25) is 0 Å². The highest BCUT2D eigenvalue weighted by molar-refractivity contribution is 5.17. The first kappa shape index (κ1) is 10.2. The van der Waals surface area contributed by atoms with Gasteiger partial charge in [-0.1, -0.05) is 26.0 Å². The fourth-order valence-corrected chi connectivity index (χ4v) is 1.26. The van der Waals surface area contributed by atoms with Gasteiger partial charge in [-0.25, -0.2) is 4.39 Å². The molecule has 1 nitrogen and oxygen atoms in total. The maximum Gasteiger partial charge on any atom is 0.123 e. The van der Waals surface area contributed by atoms with Crippen molar-refractivity contribution in [3.8, 4) is 0 Å². The number of hydrogen-bond acceptors (Lipinski definition) is 1. The van der Waals surface area contributed by atoms with Crippen molar-refractivity contribution in [2.24, 2.45) is 5.41 Å². The van der Waals surface area contributed by atoms with Crippen LogP contribution in [0.4, 0.5) is 4.39 Å². The van der Waals surface area contributed by atoms with E-state index in [0.29, 0.717) is 6.42 Å². The molecule has 13 heavy (non-hydrogen) atoms. The lowest BCUT2D eigenvalue weighted by Gasteiger charge is -2.21. The number of aliphatic hydroxyl groups is 1. The summed E-state index contributed by atoms with van der Waals surface area (Å²) in [5.41, 5.74) is 0.757. The number of benzene rings is 1. The van der Waals surface area contributed by atoms with E-state index in [1.807, 2.05) is 19.9 Å². The van der Waals surface area contributed by atoms with E-state index in [1.54, 1.807) is 6.07 Å². The molecule has 1 aromatic rings. The smallest absolute Gasteiger partial charge is 0.123 e. The Morgan fingerprint density at radius 3 is 2.62 bits per heavy atom. The summed E-state index contributed by atoms with van der Waals surface area (Å²) in [5.74, 6) is -0.216. The van der Waals surface area contributed by atoms with Crippen molar-refractivity contribution in [3.05, 3.63) is 35.6 Å². The molecule has 0 unspecified atom stereocenters. The summed E-state index contributed by atoms with van der Waals surface area (Å²) in [5, 5.41) is 9.03. The van der Waals surface area contributed by atoms with Gasteiger partial charge in [0.1, 0.15) is 5.82 Å². The molecule has 2 heteroatoms. The van der Waals surface area contributed by atoms with Crippen LogP contribution in [0.15, 0.2) is 24.3 Å². The molecule has 0 bridgehead atoms. The number of halogens is 1. The minimum Gasteiger partial charge on any atom is -0.396 e. The first-order valence-electron chi connectivity index (χ1n) is 4.39. The zero-order chi connectivity index (χ0) is 9.90. The van der Waals surface area contributed by atoms with E-state index >= 15 is 0 Å². The average molecular weight is 182 g/mol. The van der Waals surface area contributed by atoms with E-state index in [4.69, 9.17) is 5.11 Å². The molecule has 1 aromatic carbocycles. The monoisotopic (exact) mass is 182 g/mol. The van der Waals surface area contributed by atoms with Gasteiger partial charge in [-0.15, -0.1) is 0 Å². The summed E-state index contributed by atoms with van der Waals surface area (Å²) in [6, 6.07) is 6.51. The fourth-order valence-electron chi connectivity index (χ4n) is 1.26. The molecular formula is C11H15FO. The molecule has 0 aliphatic rings. The highest BCUT2D eigenvalue weighted by Gasteiger charge is 2.16. The van der Waals surface area contributed by atoms with Crippen molar-refractivity contribution in [3.63, 3.8) is 0 Å². The van der Waals surface area contributed by atoms with Crippen LogP contribution in [-0.2, 0) is 6.42 Å². The highest BCUT2D eigenvalue weighted by Crippen LogP contribution is 2.20. The average Bonchev–Trinajstić information content (AvgIpc) is 2.03.